The van der Waals surface area contributed by atoms with E-state index in [-0.39, 0.29) is 17.3 Å². The van der Waals surface area contributed by atoms with Crippen LogP contribution in [0.25, 0.3) is 0 Å². The van der Waals surface area contributed by atoms with Crippen molar-refractivity contribution in [2.75, 3.05) is 11.9 Å². The molecule has 1 fully saturated rings. The number of likely N-dealkylation sites (N-methyl/N-ethyl adjacent to an activating group) is 1. The number of nitrogens with zero attached hydrogens (tertiary/aromatic N) is 3. The molecular formula is C14H17N3O3. The molecule has 1 N–H and O–H groups in total. The Kier molecular flexibility index (Phi) is 4.20. The number of nitro groups is 1. The van der Waals surface area contributed by atoms with Crippen molar-refractivity contribution in [2.24, 2.45) is 0 Å². The number of nitriles is 1. The third-order valence-corrected chi connectivity index (χ3v) is 3.89. The van der Waals surface area contributed by atoms with Crippen LogP contribution in [0.1, 0.15) is 31.2 Å². The van der Waals surface area contributed by atoms with Gasteiger partial charge in [0.05, 0.1) is 17.1 Å². The van der Waals surface area contributed by atoms with Gasteiger partial charge in [-0.2, -0.15) is 5.26 Å². The molecule has 0 bridgehead atoms. The normalized spacial score (nSPS) is 22.1. The summed E-state index contributed by atoms with van der Waals surface area (Å²) in [6, 6.07) is 6.41. The zero-order chi connectivity index (χ0) is 14.7. The van der Waals surface area contributed by atoms with Gasteiger partial charge in [-0.05, 0) is 25.0 Å². The first-order chi connectivity index (χ1) is 9.56. The maximum atomic E-state index is 11.2. The Labute approximate surface area is 117 Å². The van der Waals surface area contributed by atoms with Gasteiger partial charge in [0.25, 0.3) is 0 Å². The Morgan fingerprint density at radius 1 is 1.45 bits per heavy atom. The minimum atomic E-state index is -0.528. The monoisotopic (exact) mass is 275 g/mol. The van der Waals surface area contributed by atoms with E-state index >= 15 is 0 Å². The van der Waals surface area contributed by atoms with E-state index in [1.54, 1.807) is 24.1 Å². The van der Waals surface area contributed by atoms with E-state index in [2.05, 4.69) is 0 Å². The second-order valence-electron chi connectivity index (χ2n) is 5.07. The molecule has 0 aromatic heterocycles. The second-order valence-corrected chi connectivity index (χ2v) is 5.07. The van der Waals surface area contributed by atoms with Gasteiger partial charge in [-0.15, -0.1) is 0 Å². The standard InChI is InChI=1S/C14H17N3O3/c1-16(11-6-2-3-8-13(11)18)12-7-4-5-10(9-15)14(12)17(19)20/h4-5,7,11,13,18H,2-3,6,8H2,1H3. The van der Waals surface area contributed by atoms with Crippen LogP contribution in [-0.4, -0.2) is 29.2 Å². The van der Waals surface area contributed by atoms with Gasteiger partial charge in [0, 0.05) is 7.05 Å². The van der Waals surface area contributed by atoms with Gasteiger partial charge in [0.15, 0.2) is 0 Å². The Bertz CT molecular complexity index is 553. The Hall–Kier alpha value is -2.13. The lowest BCUT2D eigenvalue weighted by atomic mass is 9.91. The molecule has 2 rings (SSSR count). The topological polar surface area (TPSA) is 90.4 Å². The number of aliphatic hydroxyl groups excluding tert-OH is 1. The van der Waals surface area contributed by atoms with Crippen LogP contribution in [0.3, 0.4) is 0 Å². The molecule has 1 aromatic rings. The number of aliphatic hydroxyl groups is 1. The predicted molar refractivity (Wildman–Crippen MR) is 74.5 cm³/mol. The largest absolute Gasteiger partial charge is 0.391 e. The van der Waals surface area contributed by atoms with Crippen molar-refractivity contribution >= 4 is 11.4 Å². The molecule has 0 saturated heterocycles. The van der Waals surface area contributed by atoms with Gasteiger partial charge in [-0.1, -0.05) is 18.9 Å². The van der Waals surface area contributed by atoms with E-state index in [1.165, 1.54) is 6.07 Å². The third-order valence-electron chi connectivity index (χ3n) is 3.89. The van der Waals surface area contributed by atoms with Crippen LogP contribution in [0.5, 0.6) is 0 Å². The van der Waals surface area contributed by atoms with Gasteiger partial charge < -0.3 is 10.0 Å². The fraction of sp³-hybridized carbons (Fsp3) is 0.500. The molecule has 1 aliphatic carbocycles. The van der Waals surface area contributed by atoms with E-state index < -0.39 is 11.0 Å². The predicted octanol–water partition coefficient (Wildman–Crippen LogP) is 2.21. The summed E-state index contributed by atoms with van der Waals surface area (Å²) in [4.78, 5) is 12.4. The first-order valence-corrected chi connectivity index (χ1v) is 6.64. The van der Waals surface area contributed by atoms with E-state index in [4.69, 9.17) is 5.26 Å². The molecule has 1 aromatic carbocycles. The number of hydrogen-bond acceptors (Lipinski definition) is 5. The van der Waals surface area contributed by atoms with Gasteiger partial charge in [0.2, 0.25) is 0 Å². The number of anilines is 1. The quantitative estimate of drug-likeness (QED) is 0.674. The zero-order valence-electron chi connectivity index (χ0n) is 11.3. The average molecular weight is 275 g/mol. The maximum Gasteiger partial charge on any atom is 0.310 e. The van der Waals surface area contributed by atoms with E-state index in [9.17, 15) is 15.2 Å². The van der Waals surface area contributed by atoms with E-state index in [1.807, 2.05) is 6.07 Å². The molecule has 106 valence electrons. The highest BCUT2D eigenvalue weighted by molar-refractivity contribution is 5.70. The van der Waals surface area contributed by atoms with Crippen molar-refractivity contribution in [1.29, 1.82) is 5.26 Å². The summed E-state index contributed by atoms with van der Waals surface area (Å²) in [7, 11) is 1.74. The molecule has 0 spiro atoms. The highest BCUT2D eigenvalue weighted by atomic mass is 16.6. The number of hydrogen-bond donors (Lipinski definition) is 1. The molecular weight excluding hydrogens is 258 g/mol. The highest BCUT2D eigenvalue weighted by Crippen LogP contribution is 2.34. The first kappa shape index (κ1) is 14.3. The van der Waals surface area contributed by atoms with Gasteiger partial charge in [-0.25, -0.2) is 0 Å². The molecule has 2 unspecified atom stereocenters. The van der Waals surface area contributed by atoms with Crippen LogP contribution in [-0.2, 0) is 0 Å². The van der Waals surface area contributed by atoms with Crippen molar-refractivity contribution in [1.82, 2.24) is 0 Å². The summed E-state index contributed by atoms with van der Waals surface area (Å²) in [5.74, 6) is 0. The van der Waals surface area contributed by atoms with Crippen molar-refractivity contribution in [3.63, 3.8) is 0 Å². The summed E-state index contributed by atoms with van der Waals surface area (Å²) >= 11 is 0. The molecule has 2 atom stereocenters. The zero-order valence-corrected chi connectivity index (χ0v) is 11.3. The molecule has 0 aliphatic heterocycles. The Balaban J connectivity index is 2.41. The van der Waals surface area contributed by atoms with Crippen molar-refractivity contribution in [3.05, 3.63) is 33.9 Å². The number of rotatable bonds is 3. The van der Waals surface area contributed by atoms with Gasteiger partial charge in [0.1, 0.15) is 17.3 Å². The van der Waals surface area contributed by atoms with Crippen LogP contribution >= 0.6 is 0 Å². The Morgan fingerprint density at radius 2 is 2.15 bits per heavy atom. The lowest BCUT2D eigenvalue weighted by Crippen LogP contribution is -2.43. The fourth-order valence-corrected chi connectivity index (χ4v) is 2.82. The maximum absolute atomic E-state index is 11.2. The van der Waals surface area contributed by atoms with E-state index in [0.29, 0.717) is 12.1 Å². The van der Waals surface area contributed by atoms with Gasteiger partial charge >= 0.3 is 5.69 Å². The molecule has 0 heterocycles. The molecule has 0 amide bonds. The smallest absolute Gasteiger partial charge is 0.310 e. The molecule has 20 heavy (non-hydrogen) atoms. The summed E-state index contributed by atoms with van der Waals surface area (Å²) in [5, 5.41) is 30.3. The van der Waals surface area contributed by atoms with Crippen LogP contribution in [0, 0.1) is 21.4 Å². The molecule has 1 saturated carbocycles. The number of benzene rings is 1. The van der Waals surface area contributed by atoms with Gasteiger partial charge in [-0.3, -0.25) is 10.1 Å². The summed E-state index contributed by atoms with van der Waals surface area (Å²) < 4.78 is 0. The van der Waals surface area contributed by atoms with Crippen LogP contribution < -0.4 is 4.90 Å². The summed E-state index contributed by atoms with van der Waals surface area (Å²) in [5.41, 5.74) is 0.250. The molecule has 6 heteroatoms. The van der Waals surface area contributed by atoms with Crippen LogP contribution in [0.15, 0.2) is 18.2 Å². The Morgan fingerprint density at radius 3 is 2.75 bits per heavy atom. The van der Waals surface area contributed by atoms with Crippen LogP contribution in [0.2, 0.25) is 0 Å². The fourth-order valence-electron chi connectivity index (χ4n) is 2.82. The SMILES string of the molecule is CN(c1cccc(C#N)c1[N+](=O)[O-])C1CCCCC1O. The second kappa shape index (κ2) is 5.88. The minimum absolute atomic E-state index is 0.0460. The third kappa shape index (κ3) is 2.58. The molecule has 0 radical (unpaired) electrons. The first-order valence-electron chi connectivity index (χ1n) is 6.64. The average Bonchev–Trinajstić information content (AvgIpc) is 2.46. The summed E-state index contributed by atoms with van der Waals surface area (Å²) in [6.45, 7) is 0. The van der Waals surface area contributed by atoms with Crippen molar-refractivity contribution < 1.29 is 10.0 Å². The number of nitro benzene ring substituents is 1. The highest BCUT2D eigenvalue weighted by Gasteiger charge is 2.31. The lowest BCUT2D eigenvalue weighted by Gasteiger charge is -2.36. The molecule has 1 aliphatic rings. The number of para-hydroxylation sites is 1. The van der Waals surface area contributed by atoms with Crippen molar-refractivity contribution in [2.45, 2.75) is 37.8 Å². The summed E-state index contributed by atoms with van der Waals surface area (Å²) in [6.07, 6.45) is 3.00. The van der Waals surface area contributed by atoms with E-state index in [0.717, 1.165) is 19.3 Å². The molecule has 6 nitrogen and oxygen atoms in total. The van der Waals surface area contributed by atoms with Crippen molar-refractivity contribution in [3.8, 4) is 6.07 Å². The minimum Gasteiger partial charge on any atom is -0.391 e. The van der Waals surface area contributed by atoms with Crippen LogP contribution in [0.4, 0.5) is 11.4 Å². The lowest BCUT2D eigenvalue weighted by molar-refractivity contribution is -0.384.